The summed E-state index contributed by atoms with van der Waals surface area (Å²) >= 11 is 10.9. The molecular weight excluding hydrogens is 320 g/mol. The number of hydrogen-bond donors (Lipinski definition) is 1. The van der Waals surface area contributed by atoms with Crippen LogP contribution in [0.3, 0.4) is 0 Å². The van der Waals surface area contributed by atoms with Crippen LogP contribution in [0.1, 0.15) is 5.56 Å². The minimum Gasteiger partial charge on any atom is -0.326 e. The molecule has 0 fully saturated rings. The average molecular weight is 330 g/mol. The fraction of sp³-hybridized carbons (Fsp3) is 0.0833. The molecule has 2 nitrogen and oxygen atoms in total. The predicted molar refractivity (Wildman–Crippen MR) is 75.4 cm³/mol. The van der Waals surface area contributed by atoms with Gasteiger partial charge < -0.3 is 5.73 Å². The minimum atomic E-state index is 0.532. The number of nitrogens with two attached hydrogens (primary N) is 1. The van der Waals surface area contributed by atoms with Crippen LogP contribution in [-0.4, -0.2) is 4.98 Å². The third-order valence-corrected chi connectivity index (χ3v) is 4.07. The van der Waals surface area contributed by atoms with E-state index in [2.05, 4.69) is 20.9 Å². The maximum absolute atomic E-state index is 5.79. The van der Waals surface area contributed by atoms with E-state index in [1.165, 1.54) is 0 Å². The molecule has 0 aliphatic rings. The number of halogens is 2. The van der Waals surface area contributed by atoms with Gasteiger partial charge in [0, 0.05) is 22.1 Å². The molecule has 0 spiro atoms. The minimum absolute atomic E-state index is 0.532. The van der Waals surface area contributed by atoms with Crippen LogP contribution < -0.4 is 5.73 Å². The normalized spacial score (nSPS) is 10.5. The van der Waals surface area contributed by atoms with E-state index in [0.717, 1.165) is 20.0 Å². The van der Waals surface area contributed by atoms with Gasteiger partial charge in [0.2, 0.25) is 0 Å². The molecular formula is C12H10BrClN2S. The van der Waals surface area contributed by atoms with Crippen molar-refractivity contribution in [1.82, 2.24) is 4.98 Å². The molecule has 0 amide bonds. The van der Waals surface area contributed by atoms with E-state index in [9.17, 15) is 0 Å². The zero-order chi connectivity index (χ0) is 12.3. The quantitative estimate of drug-likeness (QED) is 0.921. The molecule has 0 atom stereocenters. The number of rotatable bonds is 3. The van der Waals surface area contributed by atoms with Crippen molar-refractivity contribution >= 4 is 39.3 Å². The molecule has 0 radical (unpaired) electrons. The van der Waals surface area contributed by atoms with Crippen LogP contribution >= 0.6 is 39.3 Å². The van der Waals surface area contributed by atoms with Gasteiger partial charge in [0.1, 0.15) is 5.03 Å². The summed E-state index contributed by atoms with van der Waals surface area (Å²) in [4.78, 5) is 5.35. The number of pyridine rings is 1. The van der Waals surface area contributed by atoms with Crippen LogP contribution in [0.15, 0.2) is 50.9 Å². The van der Waals surface area contributed by atoms with E-state index in [1.807, 2.05) is 30.3 Å². The first-order valence-corrected chi connectivity index (χ1v) is 6.95. The number of benzene rings is 1. The van der Waals surface area contributed by atoms with E-state index in [4.69, 9.17) is 17.3 Å². The largest absolute Gasteiger partial charge is 0.326 e. The van der Waals surface area contributed by atoms with Crippen LogP contribution in [-0.2, 0) is 6.54 Å². The molecule has 1 aromatic carbocycles. The summed E-state index contributed by atoms with van der Waals surface area (Å²) in [5, 5.41) is 1.57. The molecule has 2 N–H and O–H groups in total. The zero-order valence-electron chi connectivity index (χ0n) is 8.86. The van der Waals surface area contributed by atoms with E-state index >= 15 is 0 Å². The van der Waals surface area contributed by atoms with Crippen molar-refractivity contribution in [2.24, 2.45) is 5.73 Å². The molecule has 2 rings (SSSR count). The third kappa shape index (κ3) is 3.45. The molecule has 1 heterocycles. The molecule has 88 valence electrons. The van der Waals surface area contributed by atoms with Gasteiger partial charge in [-0.2, -0.15) is 0 Å². The maximum atomic E-state index is 5.79. The van der Waals surface area contributed by atoms with Gasteiger partial charge in [-0.05, 0) is 29.8 Å². The smallest absolute Gasteiger partial charge is 0.101 e. The van der Waals surface area contributed by atoms with Crippen LogP contribution in [0.5, 0.6) is 0 Å². The highest BCUT2D eigenvalue weighted by molar-refractivity contribution is 9.10. The van der Waals surface area contributed by atoms with Crippen LogP contribution in [0.4, 0.5) is 0 Å². The SMILES string of the molecule is NCc1ccc(Sc2ccc(Cl)cn2)cc1Br. The summed E-state index contributed by atoms with van der Waals surface area (Å²) in [6, 6.07) is 9.83. The lowest BCUT2D eigenvalue weighted by molar-refractivity contribution is 1.05. The standard InChI is InChI=1S/C12H10BrClN2S/c13-11-5-10(3-1-8(11)6-15)17-12-4-2-9(14)7-16-12/h1-5,7H,6,15H2. The molecule has 1 aromatic heterocycles. The van der Waals surface area contributed by atoms with E-state index in [1.54, 1.807) is 18.0 Å². The number of aromatic nitrogens is 1. The van der Waals surface area contributed by atoms with Crippen LogP contribution in [0.25, 0.3) is 0 Å². The van der Waals surface area contributed by atoms with Gasteiger partial charge in [0.15, 0.2) is 0 Å². The van der Waals surface area contributed by atoms with Crippen molar-refractivity contribution < 1.29 is 0 Å². The van der Waals surface area contributed by atoms with Gasteiger partial charge in [0.25, 0.3) is 0 Å². The topological polar surface area (TPSA) is 38.9 Å². The number of nitrogens with zero attached hydrogens (tertiary/aromatic N) is 1. The second-order valence-electron chi connectivity index (χ2n) is 3.37. The Balaban J connectivity index is 2.19. The summed E-state index contributed by atoms with van der Waals surface area (Å²) in [5.41, 5.74) is 6.70. The Morgan fingerprint density at radius 1 is 1.29 bits per heavy atom. The highest BCUT2D eigenvalue weighted by Crippen LogP contribution is 2.30. The monoisotopic (exact) mass is 328 g/mol. The maximum Gasteiger partial charge on any atom is 0.101 e. The Hall–Kier alpha value is -0.550. The highest BCUT2D eigenvalue weighted by atomic mass is 79.9. The summed E-state index contributed by atoms with van der Waals surface area (Å²) in [6.45, 7) is 0.532. The Bertz CT molecular complexity index is 516. The van der Waals surface area contributed by atoms with Crippen LogP contribution in [0, 0.1) is 0 Å². The van der Waals surface area contributed by atoms with Crippen LogP contribution in [0.2, 0.25) is 5.02 Å². The Labute approximate surface area is 118 Å². The lowest BCUT2D eigenvalue weighted by Crippen LogP contribution is -1.96. The molecule has 0 saturated carbocycles. The van der Waals surface area contributed by atoms with Crippen molar-refractivity contribution in [3.63, 3.8) is 0 Å². The summed E-state index contributed by atoms with van der Waals surface area (Å²) < 4.78 is 1.03. The third-order valence-electron chi connectivity index (χ3n) is 2.17. The highest BCUT2D eigenvalue weighted by Gasteiger charge is 2.02. The Kier molecular flexibility index (Phi) is 4.45. The first-order chi connectivity index (χ1) is 8.19. The van der Waals surface area contributed by atoms with Gasteiger partial charge in [-0.25, -0.2) is 4.98 Å². The molecule has 0 bridgehead atoms. The molecule has 0 unspecified atom stereocenters. The number of hydrogen-bond acceptors (Lipinski definition) is 3. The summed E-state index contributed by atoms with van der Waals surface area (Å²) in [6.07, 6.45) is 1.65. The van der Waals surface area contributed by atoms with Crippen molar-refractivity contribution in [2.45, 2.75) is 16.5 Å². The Morgan fingerprint density at radius 3 is 2.71 bits per heavy atom. The molecule has 0 aliphatic carbocycles. The van der Waals surface area contributed by atoms with Crippen molar-refractivity contribution in [1.29, 1.82) is 0 Å². The summed E-state index contributed by atoms with van der Waals surface area (Å²) in [7, 11) is 0. The van der Waals surface area contributed by atoms with Gasteiger partial charge >= 0.3 is 0 Å². The predicted octanol–water partition coefficient (Wildman–Crippen LogP) is 4.11. The van der Waals surface area contributed by atoms with E-state index in [-0.39, 0.29) is 0 Å². The average Bonchev–Trinajstić information content (AvgIpc) is 2.32. The van der Waals surface area contributed by atoms with Gasteiger partial charge in [0.05, 0.1) is 5.02 Å². The molecule has 2 aromatic rings. The first kappa shape index (κ1) is 12.9. The van der Waals surface area contributed by atoms with Crippen molar-refractivity contribution in [3.8, 4) is 0 Å². The fourth-order valence-electron chi connectivity index (χ4n) is 1.30. The molecule has 0 aliphatic heterocycles. The molecule has 0 saturated heterocycles. The fourth-order valence-corrected chi connectivity index (χ4v) is 2.90. The van der Waals surface area contributed by atoms with E-state index in [0.29, 0.717) is 11.6 Å². The van der Waals surface area contributed by atoms with Gasteiger partial charge in [-0.1, -0.05) is 45.4 Å². The van der Waals surface area contributed by atoms with Gasteiger partial charge in [-0.15, -0.1) is 0 Å². The first-order valence-electron chi connectivity index (χ1n) is 4.97. The summed E-state index contributed by atoms with van der Waals surface area (Å²) in [5.74, 6) is 0. The second-order valence-corrected chi connectivity index (χ2v) is 5.76. The lowest BCUT2D eigenvalue weighted by atomic mass is 10.2. The molecule has 17 heavy (non-hydrogen) atoms. The zero-order valence-corrected chi connectivity index (χ0v) is 12.0. The molecule has 5 heteroatoms. The lowest BCUT2D eigenvalue weighted by Gasteiger charge is -2.05. The van der Waals surface area contributed by atoms with Gasteiger partial charge in [-0.3, -0.25) is 0 Å². The van der Waals surface area contributed by atoms with E-state index < -0.39 is 0 Å². The second kappa shape index (κ2) is 5.87. The van der Waals surface area contributed by atoms with Crippen molar-refractivity contribution in [2.75, 3.05) is 0 Å². The van der Waals surface area contributed by atoms with Crippen molar-refractivity contribution in [3.05, 3.63) is 51.6 Å². The Morgan fingerprint density at radius 2 is 2.12 bits per heavy atom.